The Morgan fingerprint density at radius 2 is 1.87 bits per heavy atom. The van der Waals surface area contributed by atoms with Gasteiger partial charge in [-0.05, 0) is 56.7 Å². The van der Waals surface area contributed by atoms with Crippen LogP contribution in [-0.4, -0.2) is 34.9 Å². The molecule has 0 saturated carbocycles. The van der Waals surface area contributed by atoms with Gasteiger partial charge >= 0.3 is 6.09 Å². The van der Waals surface area contributed by atoms with Gasteiger partial charge in [0.15, 0.2) is 0 Å². The van der Waals surface area contributed by atoms with Gasteiger partial charge in [0.25, 0.3) is 0 Å². The molecule has 3 aromatic rings. The first-order chi connectivity index (χ1) is 14.3. The highest BCUT2D eigenvalue weighted by molar-refractivity contribution is 9.10. The standard InChI is InChI=1S/C22H24BrN3O4/c1-22(2,3)30-21(27)26-13-15-6-7-24-20(10-15)29-9-8-28-18-12-16-11-17(23)4-5-19(16)25-14-18/h4-7,10-12,14H,8-9,13H2,1-3H3,(H,26,27). The maximum Gasteiger partial charge on any atom is 0.407 e. The van der Waals surface area contributed by atoms with E-state index in [1.54, 1.807) is 24.5 Å². The predicted octanol–water partition coefficient (Wildman–Crippen LogP) is 4.87. The number of hydrogen-bond donors (Lipinski definition) is 1. The van der Waals surface area contributed by atoms with Crippen molar-refractivity contribution in [2.45, 2.75) is 32.9 Å². The molecule has 0 radical (unpaired) electrons. The van der Waals surface area contributed by atoms with E-state index >= 15 is 0 Å². The van der Waals surface area contributed by atoms with E-state index in [2.05, 4.69) is 31.2 Å². The number of hydrogen-bond acceptors (Lipinski definition) is 6. The molecule has 1 N–H and O–H groups in total. The van der Waals surface area contributed by atoms with Crippen molar-refractivity contribution in [3.63, 3.8) is 0 Å². The Morgan fingerprint density at radius 3 is 2.67 bits per heavy atom. The first-order valence-corrected chi connectivity index (χ1v) is 10.3. The van der Waals surface area contributed by atoms with Crippen LogP contribution in [-0.2, 0) is 11.3 Å². The van der Waals surface area contributed by atoms with Gasteiger partial charge in [0.2, 0.25) is 5.88 Å². The first kappa shape index (κ1) is 21.8. The number of rotatable bonds is 7. The van der Waals surface area contributed by atoms with Crippen molar-refractivity contribution < 1.29 is 19.0 Å². The van der Waals surface area contributed by atoms with Crippen molar-refractivity contribution in [2.24, 2.45) is 0 Å². The normalized spacial score (nSPS) is 11.2. The van der Waals surface area contributed by atoms with Crippen LogP contribution in [0.5, 0.6) is 11.6 Å². The molecule has 3 rings (SSSR count). The van der Waals surface area contributed by atoms with Gasteiger partial charge in [0.05, 0.1) is 11.7 Å². The minimum atomic E-state index is -0.534. The van der Waals surface area contributed by atoms with E-state index in [-0.39, 0.29) is 0 Å². The minimum absolute atomic E-state index is 0.322. The highest BCUT2D eigenvalue weighted by atomic mass is 79.9. The van der Waals surface area contributed by atoms with Crippen LogP contribution in [0.1, 0.15) is 26.3 Å². The lowest BCUT2D eigenvalue weighted by Gasteiger charge is -2.19. The van der Waals surface area contributed by atoms with E-state index < -0.39 is 11.7 Å². The number of fused-ring (bicyclic) bond motifs is 1. The van der Waals surface area contributed by atoms with E-state index in [0.717, 1.165) is 20.9 Å². The van der Waals surface area contributed by atoms with Gasteiger partial charge in [-0.15, -0.1) is 0 Å². The summed E-state index contributed by atoms with van der Waals surface area (Å²) in [6, 6.07) is 11.4. The molecule has 0 aliphatic rings. The van der Waals surface area contributed by atoms with E-state index in [0.29, 0.717) is 31.4 Å². The lowest BCUT2D eigenvalue weighted by molar-refractivity contribution is 0.0523. The van der Waals surface area contributed by atoms with Gasteiger partial charge in [0, 0.05) is 28.7 Å². The third-order valence-electron chi connectivity index (χ3n) is 3.86. The summed E-state index contributed by atoms with van der Waals surface area (Å²) in [6.45, 7) is 6.46. The fourth-order valence-electron chi connectivity index (χ4n) is 2.59. The predicted molar refractivity (Wildman–Crippen MR) is 118 cm³/mol. The van der Waals surface area contributed by atoms with Crippen molar-refractivity contribution in [3.05, 3.63) is 58.8 Å². The Hall–Kier alpha value is -2.87. The smallest absolute Gasteiger partial charge is 0.407 e. The average Bonchev–Trinajstić information content (AvgIpc) is 2.68. The summed E-state index contributed by atoms with van der Waals surface area (Å²) in [5.74, 6) is 1.13. The van der Waals surface area contributed by atoms with Crippen LogP contribution in [0.4, 0.5) is 4.79 Å². The average molecular weight is 474 g/mol. The van der Waals surface area contributed by atoms with Crippen LogP contribution in [0, 0.1) is 0 Å². The largest absolute Gasteiger partial charge is 0.488 e. The lowest BCUT2D eigenvalue weighted by atomic mass is 10.2. The molecule has 0 fully saturated rings. The van der Waals surface area contributed by atoms with Crippen LogP contribution in [0.25, 0.3) is 10.9 Å². The number of ether oxygens (including phenoxy) is 3. The summed E-state index contributed by atoms with van der Waals surface area (Å²) in [7, 11) is 0. The molecule has 7 nitrogen and oxygen atoms in total. The van der Waals surface area contributed by atoms with Crippen molar-refractivity contribution >= 4 is 32.9 Å². The summed E-state index contributed by atoms with van der Waals surface area (Å²) in [5, 5.41) is 3.71. The number of pyridine rings is 2. The Balaban J connectivity index is 1.46. The summed E-state index contributed by atoms with van der Waals surface area (Å²) < 4.78 is 17.6. The quantitative estimate of drug-likeness (QED) is 0.492. The second kappa shape index (κ2) is 9.75. The van der Waals surface area contributed by atoms with Gasteiger partial charge in [-0.3, -0.25) is 4.98 Å². The number of carbonyl (C=O) groups is 1. The summed E-state index contributed by atoms with van der Waals surface area (Å²) in [6.07, 6.45) is 2.86. The number of halogens is 1. The SMILES string of the molecule is CC(C)(C)OC(=O)NCc1ccnc(OCCOc2cnc3ccc(Br)cc3c2)c1. The zero-order valence-corrected chi connectivity index (χ0v) is 18.7. The highest BCUT2D eigenvalue weighted by Crippen LogP contribution is 2.22. The van der Waals surface area contributed by atoms with Gasteiger partial charge in [0.1, 0.15) is 24.6 Å². The Labute approximate surface area is 183 Å². The van der Waals surface area contributed by atoms with Crippen LogP contribution in [0.15, 0.2) is 53.3 Å². The maximum absolute atomic E-state index is 11.8. The Kier molecular flexibility index (Phi) is 7.10. The van der Waals surface area contributed by atoms with Crippen molar-refractivity contribution in [1.29, 1.82) is 0 Å². The third-order valence-corrected chi connectivity index (χ3v) is 4.35. The van der Waals surface area contributed by atoms with E-state index in [9.17, 15) is 4.79 Å². The Morgan fingerprint density at radius 1 is 1.07 bits per heavy atom. The first-order valence-electron chi connectivity index (χ1n) is 9.51. The molecule has 2 heterocycles. The number of nitrogens with zero attached hydrogens (tertiary/aromatic N) is 2. The fraction of sp³-hybridized carbons (Fsp3) is 0.318. The van der Waals surface area contributed by atoms with Gasteiger partial charge in [-0.2, -0.15) is 0 Å². The molecule has 1 amide bonds. The molecule has 0 bridgehead atoms. The molecule has 0 aliphatic carbocycles. The molecule has 0 unspecified atom stereocenters. The zero-order valence-electron chi connectivity index (χ0n) is 17.1. The van der Waals surface area contributed by atoms with Gasteiger partial charge in [-0.1, -0.05) is 15.9 Å². The topological polar surface area (TPSA) is 82.6 Å². The van der Waals surface area contributed by atoms with E-state index in [4.69, 9.17) is 14.2 Å². The Bertz CT molecular complexity index is 1020. The molecule has 2 aromatic heterocycles. The van der Waals surface area contributed by atoms with Crippen LogP contribution in [0.2, 0.25) is 0 Å². The number of alkyl carbamates (subject to hydrolysis) is 1. The second-order valence-corrected chi connectivity index (χ2v) is 8.48. The number of amides is 1. The summed E-state index contributed by atoms with van der Waals surface area (Å²) in [4.78, 5) is 20.3. The van der Waals surface area contributed by atoms with Crippen molar-refractivity contribution in [3.8, 4) is 11.6 Å². The lowest BCUT2D eigenvalue weighted by Crippen LogP contribution is -2.32. The number of aromatic nitrogens is 2. The monoisotopic (exact) mass is 473 g/mol. The maximum atomic E-state index is 11.8. The number of carbonyl (C=O) groups excluding carboxylic acids is 1. The zero-order chi connectivity index (χ0) is 21.6. The molecular formula is C22H24BrN3O4. The summed E-state index contributed by atoms with van der Waals surface area (Å²) >= 11 is 3.46. The molecule has 1 aromatic carbocycles. The van der Waals surface area contributed by atoms with E-state index in [1.807, 2.05) is 45.0 Å². The van der Waals surface area contributed by atoms with Crippen LogP contribution in [0.3, 0.4) is 0 Å². The van der Waals surface area contributed by atoms with Gasteiger partial charge < -0.3 is 19.5 Å². The number of nitrogens with one attached hydrogen (secondary N) is 1. The minimum Gasteiger partial charge on any atom is -0.488 e. The third kappa shape index (κ3) is 6.88. The number of benzene rings is 1. The molecule has 0 aliphatic heterocycles. The van der Waals surface area contributed by atoms with Gasteiger partial charge in [-0.25, -0.2) is 9.78 Å². The van der Waals surface area contributed by atoms with E-state index in [1.165, 1.54) is 0 Å². The van der Waals surface area contributed by atoms with Crippen LogP contribution >= 0.6 is 15.9 Å². The highest BCUT2D eigenvalue weighted by Gasteiger charge is 2.15. The second-order valence-electron chi connectivity index (χ2n) is 7.56. The molecule has 8 heteroatoms. The fourth-order valence-corrected chi connectivity index (χ4v) is 2.97. The van der Waals surface area contributed by atoms with Crippen molar-refractivity contribution in [2.75, 3.05) is 13.2 Å². The van der Waals surface area contributed by atoms with Crippen molar-refractivity contribution in [1.82, 2.24) is 15.3 Å². The molecule has 0 spiro atoms. The molecule has 158 valence electrons. The molecule has 0 atom stereocenters. The molecule has 30 heavy (non-hydrogen) atoms. The molecule has 0 saturated heterocycles. The summed E-state index contributed by atoms with van der Waals surface area (Å²) in [5.41, 5.74) is 1.23. The van der Waals surface area contributed by atoms with Crippen LogP contribution < -0.4 is 14.8 Å². The molecular weight excluding hydrogens is 450 g/mol.